The van der Waals surface area contributed by atoms with Crippen LogP contribution in [0.3, 0.4) is 0 Å². The number of benzene rings is 2. The standard InChI is InChI=1S/C19H21N5O2/c1-24(2)8-7-21-19(26)13-5-3-12(4-6-13)14-9-15-17(16(25)10-14)22-11-23-18(15)20/h3-6,9-11,25H,7-8H2,1-2H3,(H,21,26)(H2,20,22,23). The summed E-state index contributed by atoms with van der Waals surface area (Å²) in [6.45, 7) is 1.37. The fourth-order valence-electron chi connectivity index (χ4n) is 2.64. The van der Waals surface area contributed by atoms with Crippen molar-refractivity contribution in [3.63, 3.8) is 0 Å². The molecule has 0 spiro atoms. The third-order valence-corrected chi connectivity index (χ3v) is 4.07. The van der Waals surface area contributed by atoms with Crippen LogP contribution in [-0.2, 0) is 0 Å². The number of likely N-dealkylation sites (N-methyl/N-ethyl adjacent to an activating group) is 1. The molecule has 0 aliphatic heterocycles. The molecular weight excluding hydrogens is 330 g/mol. The Hall–Kier alpha value is -3.19. The molecule has 0 atom stereocenters. The number of phenolic OH excluding ortho intramolecular Hbond substituents is 1. The smallest absolute Gasteiger partial charge is 0.251 e. The maximum absolute atomic E-state index is 12.1. The van der Waals surface area contributed by atoms with Crippen molar-refractivity contribution in [3.8, 4) is 16.9 Å². The molecule has 0 radical (unpaired) electrons. The summed E-state index contributed by atoms with van der Waals surface area (Å²) < 4.78 is 0. The van der Waals surface area contributed by atoms with E-state index in [1.807, 2.05) is 37.2 Å². The number of anilines is 1. The number of carbonyl (C=O) groups excluding carboxylic acids is 1. The number of hydrogen-bond acceptors (Lipinski definition) is 6. The van der Waals surface area contributed by atoms with Gasteiger partial charge >= 0.3 is 0 Å². The first kappa shape index (κ1) is 17.6. The Morgan fingerprint density at radius 2 is 1.88 bits per heavy atom. The molecule has 7 heteroatoms. The summed E-state index contributed by atoms with van der Waals surface area (Å²) >= 11 is 0. The molecule has 0 saturated heterocycles. The molecule has 1 heterocycles. The van der Waals surface area contributed by atoms with Gasteiger partial charge in [-0.3, -0.25) is 4.79 Å². The van der Waals surface area contributed by atoms with Crippen LogP contribution < -0.4 is 11.1 Å². The lowest BCUT2D eigenvalue weighted by Gasteiger charge is -2.11. The molecule has 1 amide bonds. The van der Waals surface area contributed by atoms with Crippen molar-refractivity contribution in [1.29, 1.82) is 0 Å². The number of nitrogens with zero attached hydrogens (tertiary/aromatic N) is 3. The maximum Gasteiger partial charge on any atom is 0.251 e. The molecule has 1 aromatic heterocycles. The van der Waals surface area contributed by atoms with E-state index in [9.17, 15) is 9.90 Å². The molecule has 3 rings (SSSR count). The van der Waals surface area contributed by atoms with Crippen molar-refractivity contribution in [3.05, 3.63) is 48.3 Å². The van der Waals surface area contributed by atoms with Crippen molar-refractivity contribution < 1.29 is 9.90 Å². The lowest BCUT2D eigenvalue weighted by molar-refractivity contribution is 0.0951. The predicted molar refractivity (Wildman–Crippen MR) is 102 cm³/mol. The number of nitrogens with one attached hydrogen (secondary N) is 1. The van der Waals surface area contributed by atoms with Crippen LogP contribution in [0.1, 0.15) is 10.4 Å². The summed E-state index contributed by atoms with van der Waals surface area (Å²) in [6.07, 6.45) is 1.32. The molecule has 0 fully saturated rings. The van der Waals surface area contributed by atoms with Crippen molar-refractivity contribution in [1.82, 2.24) is 20.2 Å². The highest BCUT2D eigenvalue weighted by Crippen LogP contribution is 2.32. The number of fused-ring (bicyclic) bond motifs is 1. The Labute approximate surface area is 151 Å². The van der Waals surface area contributed by atoms with E-state index >= 15 is 0 Å². The zero-order valence-corrected chi connectivity index (χ0v) is 14.7. The van der Waals surface area contributed by atoms with Gasteiger partial charge in [0.15, 0.2) is 0 Å². The molecule has 134 valence electrons. The van der Waals surface area contributed by atoms with Crippen LogP contribution in [0.15, 0.2) is 42.7 Å². The number of phenols is 1. The summed E-state index contributed by atoms with van der Waals surface area (Å²) in [6, 6.07) is 10.6. The van der Waals surface area contributed by atoms with Gasteiger partial charge in [-0.25, -0.2) is 9.97 Å². The number of aromatic nitrogens is 2. The fourth-order valence-corrected chi connectivity index (χ4v) is 2.64. The Kier molecular flexibility index (Phi) is 4.99. The van der Waals surface area contributed by atoms with Crippen LogP contribution >= 0.6 is 0 Å². The zero-order valence-electron chi connectivity index (χ0n) is 14.7. The third-order valence-electron chi connectivity index (χ3n) is 4.07. The Morgan fingerprint density at radius 3 is 2.58 bits per heavy atom. The summed E-state index contributed by atoms with van der Waals surface area (Å²) in [5.41, 5.74) is 8.51. The molecule has 7 nitrogen and oxygen atoms in total. The van der Waals surface area contributed by atoms with E-state index < -0.39 is 0 Å². The number of nitrogens with two attached hydrogens (primary N) is 1. The summed E-state index contributed by atoms with van der Waals surface area (Å²) in [5.74, 6) is 0.235. The van der Waals surface area contributed by atoms with Crippen LogP contribution in [-0.4, -0.2) is 53.1 Å². The van der Waals surface area contributed by atoms with Crippen LogP contribution in [0.4, 0.5) is 5.82 Å². The van der Waals surface area contributed by atoms with Crippen LogP contribution in [0.2, 0.25) is 0 Å². The summed E-state index contributed by atoms with van der Waals surface area (Å²) in [7, 11) is 3.91. The molecule has 0 unspecified atom stereocenters. The minimum Gasteiger partial charge on any atom is -0.506 e. The van der Waals surface area contributed by atoms with E-state index in [0.717, 1.165) is 17.7 Å². The number of amides is 1. The number of nitrogen functional groups attached to an aromatic ring is 1. The van der Waals surface area contributed by atoms with Gasteiger partial charge in [-0.05, 0) is 49.5 Å². The van der Waals surface area contributed by atoms with E-state index in [1.54, 1.807) is 18.2 Å². The molecule has 4 N–H and O–H groups in total. The van der Waals surface area contributed by atoms with Gasteiger partial charge in [0.25, 0.3) is 5.91 Å². The van der Waals surface area contributed by atoms with Crippen LogP contribution in [0.25, 0.3) is 22.0 Å². The predicted octanol–water partition coefficient (Wildman–Crippen LogP) is 1.88. The molecule has 0 aliphatic rings. The monoisotopic (exact) mass is 351 g/mol. The first-order chi connectivity index (χ1) is 12.5. The van der Waals surface area contributed by atoms with Crippen molar-refractivity contribution in [2.24, 2.45) is 0 Å². The van der Waals surface area contributed by atoms with Crippen molar-refractivity contribution in [2.45, 2.75) is 0 Å². The van der Waals surface area contributed by atoms with Crippen molar-refractivity contribution >= 4 is 22.6 Å². The number of aromatic hydroxyl groups is 1. The Balaban J connectivity index is 1.84. The largest absolute Gasteiger partial charge is 0.506 e. The van der Waals surface area contributed by atoms with Gasteiger partial charge in [0.05, 0.1) is 0 Å². The molecule has 0 aliphatic carbocycles. The Morgan fingerprint density at radius 1 is 1.15 bits per heavy atom. The first-order valence-corrected chi connectivity index (χ1v) is 8.22. The minimum atomic E-state index is -0.114. The van der Waals surface area contributed by atoms with E-state index in [4.69, 9.17) is 5.73 Å². The van der Waals surface area contributed by atoms with Gasteiger partial charge in [0.2, 0.25) is 0 Å². The highest BCUT2D eigenvalue weighted by atomic mass is 16.3. The second-order valence-corrected chi connectivity index (χ2v) is 6.29. The molecular formula is C19H21N5O2. The number of rotatable bonds is 5. The zero-order chi connectivity index (χ0) is 18.7. The second kappa shape index (κ2) is 7.37. The number of hydrogen-bond donors (Lipinski definition) is 3. The summed E-state index contributed by atoms with van der Waals surface area (Å²) in [5, 5.41) is 13.7. The topological polar surface area (TPSA) is 104 Å². The van der Waals surface area contributed by atoms with Crippen LogP contribution in [0.5, 0.6) is 5.75 Å². The first-order valence-electron chi connectivity index (χ1n) is 8.22. The lowest BCUT2D eigenvalue weighted by atomic mass is 10.0. The molecule has 0 bridgehead atoms. The van der Waals surface area contributed by atoms with Gasteiger partial charge in [0, 0.05) is 24.0 Å². The van der Waals surface area contributed by atoms with E-state index in [-0.39, 0.29) is 11.7 Å². The fraction of sp³-hybridized carbons (Fsp3) is 0.211. The highest BCUT2D eigenvalue weighted by molar-refractivity contribution is 5.97. The van der Waals surface area contributed by atoms with Gasteiger partial charge in [-0.1, -0.05) is 12.1 Å². The number of carbonyl (C=O) groups is 1. The molecule has 26 heavy (non-hydrogen) atoms. The molecule has 3 aromatic rings. The Bertz CT molecular complexity index is 939. The quantitative estimate of drug-likeness (QED) is 0.648. The SMILES string of the molecule is CN(C)CCNC(=O)c1ccc(-c2cc(O)c3ncnc(N)c3c2)cc1. The highest BCUT2D eigenvalue weighted by Gasteiger charge is 2.10. The summed E-state index contributed by atoms with van der Waals surface area (Å²) in [4.78, 5) is 22.2. The molecule has 0 saturated carbocycles. The maximum atomic E-state index is 12.1. The molecule has 2 aromatic carbocycles. The van der Waals surface area contributed by atoms with E-state index in [2.05, 4.69) is 15.3 Å². The van der Waals surface area contributed by atoms with Gasteiger partial charge in [0.1, 0.15) is 23.4 Å². The minimum absolute atomic E-state index is 0.0390. The van der Waals surface area contributed by atoms with Gasteiger partial charge in [-0.2, -0.15) is 0 Å². The van der Waals surface area contributed by atoms with Gasteiger partial charge < -0.3 is 21.1 Å². The van der Waals surface area contributed by atoms with E-state index in [1.165, 1.54) is 6.33 Å². The van der Waals surface area contributed by atoms with Crippen molar-refractivity contribution in [2.75, 3.05) is 32.9 Å². The van der Waals surface area contributed by atoms with Crippen LogP contribution in [0, 0.1) is 0 Å². The average molecular weight is 351 g/mol. The lowest BCUT2D eigenvalue weighted by Crippen LogP contribution is -2.31. The van der Waals surface area contributed by atoms with E-state index in [0.29, 0.717) is 28.8 Å². The average Bonchev–Trinajstić information content (AvgIpc) is 2.62. The normalized spacial score (nSPS) is 11.0. The van der Waals surface area contributed by atoms with Gasteiger partial charge in [-0.15, -0.1) is 0 Å². The second-order valence-electron chi connectivity index (χ2n) is 6.29. The third kappa shape index (κ3) is 3.73.